The van der Waals surface area contributed by atoms with E-state index in [1.54, 1.807) is 25.1 Å². The van der Waals surface area contributed by atoms with Crippen LogP contribution in [0.15, 0.2) is 29.4 Å². The summed E-state index contributed by atoms with van der Waals surface area (Å²) in [6, 6.07) is 6.50. The van der Waals surface area contributed by atoms with Gasteiger partial charge in [-0.15, -0.1) is 0 Å². The van der Waals surface area contributed by atoms with Crippen molar-refractivity contribution in [2.75, 3.05) is 13.2 Å². The lowest BCUT2D eigenvalue weighted by molar-refractivity contribution is 0.114. The van der Waals surface area contributed by atoms with Crippen LogP contribution in [-0.4, -0.2) is 30.1 Å². The number of thiocarbonyl (C=S) groups is 1. The summed E-state index contributed by atoms with van der Waals surface area (Å²) in [5, 5.41) is 7.54. The van der Waals surface area contributed by atoms with Crippen molar-refractivity contribution in [3.05, 3.63) is 35.6 Å². The summed E-state index contributed by atoms with van der Waals surface area (Å²) in [6.45, 7) is 3.21. The highest BCUT2D eigenvalue weighted by Gasteiger charge is 2.15. The van der Waals surface area contributed by atoms with Gasteiger partial charge in [0.15, 0.2) is 5.11 Å². The van der Waals surface area contributed by atoms with Gasteiger partial charge in [0.25, 0.3) is 0 Å². The molecular weight excluding hydrogens is 277 g/mol. The van der Waals surface area contributed by atoms with Gasteiger partial charge in [0, 0.05) is 18.7 Å². The molecule has 0 aromatic heterocycles. The van der Waals surface area contributed by atoms with E-state index in [2.05, 4.69) is 15.8 Å². The molecular formula is C14H18FN3OS. The average Bonchev–Trinajstić information content (AvgIpc) is 2.96. The first-order valence-electron chi connectivity index (χ1n) is 6.61. The third kappa shape index (κ3) is 4.25. The standard InChI is InChI=1S/C14H18FN3OS/c1-10(12-6-2-3-7-13(12)15)17-18-14(20)16-9-11-5-4-8-19-11/h2-3,6-7,11H,4-5,8-9H2,1H3,(H2,16,18,20)/b17-10-/t11-/m1/s1. The average molecular weight is 295 g/mol. The van der Waals surface area contributed by atoms with Crippen molar-refractivity contribution in [2.45, 2.75) is 25.9 Å². The van der Waals surface area contributed by atoms with Crippen LogP contribution in [0.25, 0.3) is 0 Å². The summed E-state index contributed by atoms with van der Waals surface area (Å²) in [6.07, 6.45) is 2.36. The summed E-state index contributed by atoms with van der Waals surface area (Å²) in [5.41, 5.74) is 3.72. The Morgan fingerprint density at radius 1 is 1.50 bits per heavy atom. The molecule has 4 nitrogen and oxygen atoms in total. The molecule has 1 aliphatic rings. The molecule has 1 fully saturated rings. The Morgan fingerprint density at radius 3 is 3.00 bits per heavy atom. The molecule has 0 radical (unpaired) electrons. The molecule has 0 aliphatic carbocycles. The van der Waals surface area contributed by atoms with E-state index in [-0.39, 0.29) is 11.9 Å². The van der Waals surface area contributed by atoms with Crippen LogP contribution in [-0.2, 0) is 4.74 Å². The fourth-order valence-electron chi connectivity index (χ4n) is 2.00. The van der Waals surface area contributed by atoms with E-state index >= 15 is 0 Å². The number of hydrazone groups is 1. The van der Waals surface area contributed by atoms with Gasteiger partial charge in [-0.2, -0.15) is 5.10 Å². The Labute approximate surface area is 123 Å². The molecule has 1 heterocycles. The Balaban J connectivity index is 1.82. The van der Waals surface area contributed by atoms with Gasteiger partial charge in [-0.1, -0.05) is 18.2 Å². The minimum atomic E-state index is -0.297. The third-order valence-electron chi connectivity index (χ3n) is 3.10. The number of ether oxygens (including phenoxy) is 1. The van der Waals surface area contributed by atoms with Crippen molar-refractivity contribution in [3.63, 3.8) is 0 Å². The lowest BCUT2D eigenvalue weighted by Crippen LogP contribution is -2.37. The van der Waals surface area contributed by atoms with Gasteiger partial charge >= 0.3 is 0 Å². The van der Waals surface area contributed by atoms with Crippen LogP contribution in [0.3, 0.4) is 0 Å². The van der Waals surface area contributed by atoms with Gasteiger partial charge in [0.2, 0.25) is 0 Å². The molecule has 0 bridgehead atoms. The molecule has 2 rings (SSSR count). The zero-order chi connectivity index (χ0) is 14.4. The van der Waals surface area contributed by atoms with Gasteiger partial charge < -0.3 is 10.1 Å². The Kier molecular flexibility index (Phi) is 5.43. The molecule has 108 valence electrons. The summed E-state index contributed by atoms with van der Waals surface area (Å²) in [5.74, 6) is -0.297. The van der Waals surface area contributed by atoms with E-state index in [1.165, 1.54) is 6.07 Å². The van der Waals surface area contributed by atoms with Gasteiger partial charge in [-0.05, 0) is 38.0 Å². The van der Waals surface area contributed by atoms with Gasteiger partial charge in [-0.25, -0.2) is 4.39 Å². The zero-order valence-electron chi connectivity index (χ0n) is 11.4. The smallest absolute Gasteiger partial charge is 0.187 e. The van der Waals surface area contributed by atoms with Crippen molar-refractivity contribution in [1.82, 2.24) is 10.7 Å². The molecule has 1 atom stereocenters. The second kappa shape index (κ2) is 7.31. The maximum atomic E-state index is 13.5. The largest absolute Gasteiger partial charge is 0.376 e. The van der Waals surface area contributed by atoms with Crippen molar-refractivity contribution in [1.29, 1.82) is 0 Å². The maximum absolute atomic E-state index is 13.5. The predicted octanol–water partition coefficient (Wildman–Crippen LogP) is 2.19. The van der Waals surface area contributed by atoms with Crippen molar-refractivity contribution in [2.24, 2.45) is 5.10 Å². The van der Waals surface area contributed by atoms with E-state index < -0.39 is 0 Å². The summed E-state index contributed by atoms with van der Waals surface area (Å²) in [7, 11) is 0. The Hall–Kier alpha value is -1.53. The minimum Gasteiger partial charge on any atom is -0.376 e. The summed E-state index contributed by atoms with van der Waals surface area (Å²) < 4.78 is 19.0. The number of hydrogen-bond acceptors (Lipinski definition) is 3. The van der Waals surface area contributed by atoms with Gasteiger partial charge in [0.05, 0.1) is 11.8 Å². The predicted molar refractivity (Wildman–Crippen MR) is 81.3 cm³/mol. The minimum absolute atomic E-state index is 0.214. The molecule has 0 saturated carbocycles. The van der Waals surface area contributed by atoms with Crippen LogP contribution in [0.5, 0.6) is 0 Å². The van der Waals surface area contributed by atoms with Crippen molar-refractivity contribution < 1.29 is 9.13 Å². The van der Waals surface area contributed by atoms with E-state index in [1.807, 2.05) is 0 Å². The molecule has 0 unspecified atom stereocenters. The zero-order valence-corrected chi connectivity index (χ0v) is 12.2. The molecule has 1 saturated heterocycles. The fourth-order valence-corrected chi connectivity index (χ4v) is 2.13. The number of rotatable bonds is 4. The van der Waals surface area contributed by atoms with E-state index in [0.717, 1.165) is 19.4 Å². The van der Waals surface area contributed by atoms with Crippen LogP contribution in [0.1, 0.15) is 25.3 Å². The summed E-state index contributed by atoms with van der Waals surface area (Å²) in [4.78, 5) is 0. The molecule has 2 N–H and O–H groups in total. The van der Waals surface area contributed by atoms with E-state index in [0.29, 0.717) is 22.9 Å². The highest BCUT2D eigenvalue weighted by molar-refractivity contribution is 7.80. The molecule has 1 aliphatic heterocycles. The molecule has 20 heavy (non-hydrogen) atoms. The highest BCUT2D eigenvalue weighted by Crippen LogP contribution is 2.10. The summed E-state index contributed by atoms with van der Waals surface area (Å²) >= 11 is 5.11. The van der Waals surface area contributed by atoms with Crippen molar-refractivity contribution in [3.8, 4) is 0 Å². The molecule has 1 aromatic rings. The normalized spacial score (nSPS) is 18.9. The molecule has 1 aromatic carbocycles. The fraction of sp³-hybridized carbons (Fsp3) is 0.429. The molecule has 6 heteroatoms. The number of halogens is 1. The van der Waals surface area contributed by atoms with E-state index in [4.69, 9.17) is 17.0 Å². The lowest BCUT2D eigenvalue weighted by Gasteiger charge is -2.12. The molecule has 0 amide bonds. The molecule has 0 spiro atoms. The Bertz CT molecular complexity index is 501. The Morgan fingerprint density at radius 2 is 2.30 bits per heavy atom. The van der Waals surface area contributed by atoms with E-state index in [9.17, 15) is 4.39 Å². The number of nitrogens with zero attached hydrogens (tertiary/aromatic N) is 1. The lowest BCUT2D eigenvalue weighted by atomic mass is 10.1. The maximum Gasteiger partial charge on any atom is 0.187 e. The number of hydrogen-bond donors (Lipinski definition) is 2. The van der Waals surface area contributed by atoms with Gasteiger partial charge in [0.1, 0.15) is 5.82 Å². The van der Waals surface area contributed by atoms with Crippen LogP contribution in [0.4, 0.5) is 4.39 Å². The number of benzene rings is 1. The van der Waals surface area contributed by atoms with Gasteiger partial charge in [-0.3, -0.25) is 5.43 Å². The second-order valence-corrected chi connectivity index (χ2v) is 5.04. The highest BCUT2D eigenvalue weighted by atomic mass is 32.1. The van der Waals surface area contributed by atoms with Crippen LogP contribution in [0.2, 0.25) is 0 Å². The third-order valence-corrected chi connectivity index (χ3v) is 3.34. The number of nitrogens with one attached hydrogen (secondary N) is 2. The van der Waals surface area contributed by atoms with Crippen molar-refractivity contribution >= 4 is 23.0 Å². The van der Waals surface area contributed by atoms with Crippen LogP contribution >= 0.6 is 12.2 Å². The first kappa shape index (κ1) is 14.9. The SMILES string of the molecule is C/C(=N/NC(=S)NC[C@H]1CCCO1)c1ccccc1F. The quantitative estimate of drug-likeness (QED) is 0.508. The second-order valence-electron chi connectivity index (χ2n) is 4.63. The topological polar surface area (TPSA) is 45.7 Å². The van der Waals surface area contributed by atoms with Crippen LogP contribution in [0, 0.1) is 5.82 Å². The first-order chi connectivity index (χ1) is 9.66. The van der Waals surface area contributed by atoms with Crippen LogP contribution < -0.4 is 10.7 Å². The first-order valence-corrected chi connectivity index (χ1v) is 7.02. The monoisotopic (exact) mass is 295 g/mol.